The average molecular weight is 457 g/mol. The van der Waals surface area contributed by atoms with Gasteiger partial charge in [-0.2, -0.15) is 5.10 Å². The zero-order chi connectivity index (χ0) is 20.2. The van der Waals surface area contributed by atoms with Crippen molar-refractivity contribution in [2.45, 2.75) is 50.5 Å². The third-order valence-electron chi connectivity index (χ3n) is 6.06. The Hall–Kier alpha value is -2.05. The Morgan fingerprint density at radius 1 is 1.21 bits per heavy atom. The number of hydrogen-bond acceptors (Lipinski definition) is 5. The largest absolute Gasteiger partial charge is 0.496 e. The highest BCUT2D eigenvalue weighted by molar-refractivity contribution is 9.10. The van der Waals surface area contributed by atoms with Gasteiger partial charge >= 0.3 is 0 Å². The molecule has 1 saturated heterocycles. The Morgan fingerprint density at radius 2 is 2.03 bits per heavy atom. The average Bonchev–Trinajstić information content (AvgIpc) is 3.15. The van der Waals surface area contributed by atoms with E-state index in [4.69, 9.17) is 19.3 Å². The summed E-state index contributed by atoms with van der Waals surface area (Å²) >= 11 is 3.62. The molecule has 3 heterocycles. The number of hydrazone groups is 1. The fourth-order valence-corrected chi connectivity index (χ4v) is 5.25. The molecule has 2 atom stereocenters. The number of halogens is 1. The second-order valence-corrected chi connectivity index (χ2v) is 9.49. The van der Waals surface area contributed by atoms with Crippen molar-refractivity contribution in [3.8, 4) is 11.5 Å². The Bertz CT molecular complexity index is 990. The van der Waals surface area contributed by atoms with Crippen LogP contribution in [0.3, 0.4) is 0 Å². The highest BCUT2D eigenvalue weighted by atomic mass is 79.9. The van der Waals surface area contributed by atoms with Gasteiger partial charge in [-0.25, -0.2) is 5.01 Å². The molecule has 2 aromatic rings. The fraction of sp³-hybridized carbons (Fsp3) is 0.435. The summed E-state index contributed by atoms with van der Waals surface area (Å²) in [5, 5.41) is 7.34. The lowest BCUT2D eigenvalue weighted by Gasteiger charge is -2.52. The van der Waals surface area contributed by atoms with Crippen molar-refractivity contribution < 1.29 is 14.2 Å². The summed E-state index contributed by atoms with van der Waals surface area (Å²) in [6.45, 7) is 4.91. The van der Waals surface area contributed by atoms with Crippen molar-refractivity contribution in [2.24, 2.45) is 5.10 Å². The van der Waals surface area contributed by atoms with Crippen molar-refractivity contribution in [1.29, 1.82) is 0 Å². The minimum absolute atomic E-state index is 0.130. The maximum atomic E-state index is 6.69. The van der Waals surface area contributed by atoms with E-state index in [1.807, 2.05) is 24.3 Å². The summed E-state index contributed by atoms with van der Waals surface area (Å²) in [5.74, 6) is 1.80. The lowest BCUT2D eigenvalue weighted by atomic mass is 9.86. The van der Waals surface area contributed by atoms with Crippen LogP contribution in [-0.2, 0) is 4.74 Å². The van der Waals surface area contributed by atoms with Crippen LogP contribution in [0.25, 0.3) is 0 Å². The van der Waals surface area contributed by atoms with Crippen LogP contribution in [0, 0.1) is 0 Å². The SMILES string of the molecule is COc1ccccc1C1=NN2[C@H](C1)c1cc(Br)ccc1O[C@@]21CCOC(C)(C)C1. The summed E-state index contributed by atoms with van der Waals surface area (Å²) in [5.41, 5.74) is 2.48. The van der Waals surface area contributed by atoms with Gasteiger partial charge in [0.1, 0.15) is 11.5 Å². The monoisotopic (exact) mass is 456 g/mol. The molecule has 5 rings (SSSR count). The Kier molecular flexibility index (Phi) is 4.40. The lowest BCUT2D eigenvalue weighted by molar-refractivity contribution is -0.212. The van der Waals surface area contributed by atoms with E-state index >= 15 is 0 Å². The van der Waals surface area contributed by atoms with Gasteiger partial charge in [0, 0.05) is 34.9 Å². The van der Waals surface area contributed by atoms with Gasteiger partial charge in [0.25, 0.3) is 0 Å². The van der Waals surface area contributed by atoms with Crippen LogP contribution in [0.2, 0.25) is 0 Å². The number of benzene rings is 2. The third-order valence-corrected chi connectivity index (χ3v) is 6.56. The number of methoxy groups -OCH3 is 1. The number of hydrogen-bond donors (Lipinski definition) is 0. The van der Waals surface area contributed by atoms with Gasteiger partial charge in [-0.05, 0) is 44.2 Å². The van der Waals surface area contributed by atoms with Crippen molar-refractivity contribution in [3.05, 3.63) is 58.1 Å². The molecule has 3 aliphatic rings. The maximum Gasteiger partial charge on any atom is 0.203 e. The van der Waals surface area contributed by atoms with E-state index in [0.717, 1.165) is 46.5 Å². The first-order chi connectivity index (χ1) is 13.9. The van der Waals surface area contributed by atoms with E-state index in [-0.39, 0.29) is 11.6 Å². The third kappa shape index (κ3) is 3.13. The van der Waals surface area contributed by atoms with Crippen LogP contribution < -0.4 is 9.47 Å². The normalized spacial score (nSPS) is 27.1. The van der Waals surface area contributed by atoms with Gasteiger partial charge in [0.05, 0.1) is 31.1 Å². The molecular weight excluding hydrogens is 432 g/mol. The predicted molar refractivity (Wildman–Crippen MR) is 115 cm³/mol. The van der Waals surface area contributed by atoms with Crippen LogP contribution in [0.15, 0.2) is 52.0 Å². The molecular formula is C23H25BrN2O3. The van der Waals surface area contributed by atoms with Crippen LogP contribution in [0.5, 0.6) is 11.5 Å². The number of nitrogens with zero attached hydrogens (tertiary/aromatic N) is 2. The fourth-order valence-electron chi connectivity index (χ4n) is 4.87. The van der Waals surface area contributed by atoms with E-state index in [2.05, 4.69) is 53.0 Å². The Balaban J connectivity index is 1.63. The van der Waals surface area contributed by atoms with Gasteiger partial charge in [0.2, 0.25) is 5.72 Å². The predicted octanol–water partition coefficient (Wildman–Crippen LogP) is 5.29. The minimum Gasteiger partial charge on any atom is -0.496 e. The number of para-hydroxylation sites is 1. The molecule has 1 spiro atoms. The lowest BCUT2D eigenvalue weighted by Crippen LogP contribution is -2.60. The Morgan fingerprint density at radius 3 is 2.83 bits per heavy atom. The highest BCUT2D eigenvalue weighted by Gasteiger charge is 2.54. The molecule has 6 heteroatoms. The summed E-state index contributed by atoms with van der Waals surface area (Å²) in [7, 11) is 1.71. The van der Waals surface area contributed by atoms with Crippen molar-refractivity contribution >= 4 is 21.6 Å². The molecule has 0 N–H and O–H groups in total. The summed E-state index contributed by atoms with van der Waals surface area (Å²) < 4.78 is 19.4. The molecule has 0 unspecified atom stereocenters. The molecule has 0 amide bonds. The molecule has 29 heavy (non-hydrogen) atoms. The molecule has 152 valence electrons. The van der Waals surface area contributed by atoms with Gasteiger partial charge in [-0.3, -0.25) is 0 Å². The summed E-state index contributed by atoms with van der Waals surface area (Å²) in [6.07, 6.45) is 2.36. The minimum atomic E-state index is -0.503. The van der Waals surface area contributed by atoms with E-state index in [1.165, 1.54) is 5.56 Å². The second kappa shape index (κ2) is 6.74. The van der Waals surface area contributed by atoms with E-state index in [9.17, 15) is 0 Å². The quantitative estimate of drug-likeness (QED) is 0.615. The highest BCUT2D eigenvalue weighted by Crippen LogP contribution is 2.52. The molecule has 0 saturated carbocycles. The first kappa shape index (κ1) is 18.9. The molecule has 2 aromatic carbocycles. The molecule has 0 aliphatic carbocycles. The Labute approximate surface area is 179 Å². The van der Waals surface area contributed by atoms with Gasteiger partial charge in [-0.1, -0.05) is 28.1 Å². The van der Waals surface area contributed by atoms with Crippen molar-refractivity contribution in [2.75, 3.05) is 13.7 Å². The van der Waals surface area contributed by atoms with Crippen LogP contribution >= 0.6 is 15.9 Å². The first-order valence-electron chi connectivity index (χ1n) is 10.0. The number of fused-ring (bicyclic) bond motifs is 4. The first-order valence-corrected chi connectivity index (χ1v) is 10.8. The van der Waals surface area contributed by atoms with Gasteiger partial charge in [0.15, 0.2) is 0 Å². The molecule has 0 bridgehead atoms. The maximum absolute atomic E-state index is 6.69. The van der Waals surface area contributed by atoms with E-state index < -0.39 is 5.72 Å². The van der Waals surface area contributed by atoms with Crippen molar-refractivity contribution in [1.82, 2.24) is 5.01 Å². The van der Waals surface area contributed by atoms with E-state index in [1.54, 1.807) is 7.11 Å². The molecule has 5 nitrogen and oxygen atoms in total. The van der Waals surface area contributed by atoms with E-state index in [0.29, 0.717) is 6.61 Å². The smallest absolute Gasteiger partial charge is 0.203 e. The topological polar surface area (TPSA) is 43.3 Å². The zero-order valence-corrected chi connectivity index (χ0v) is 18.5. The standard InChI is InChI=1S/C23H25BrN2O3/c1-22(2)14-23(10-11-28-22)26-19(17-12-15(24)8-9-21(17)29-23)13-18(25-26)16-6-4-5-7-20(16)27-3/h4-9,12,19H,10-11,13-14H2,1-3H3/t19-,23-/m1/s1. The summed E-state index contributed by atoms with van der Waals surface area (Å²) in [4.78, 5) is 0. The van der Waals surface area contributed by atoms with Gasteiger partial charge in [-0.15, -0.1) is 0 Å². The molecule has 1 fully saturated rings. The number of ether oxygens (including phenoxy) is 3. The van der Waals surface area contributed by atoms with Crippen LogP contribution in [0.1, 0.15) is 50.3 Å². The zero-order valence-electron chi connectivity index (χ0n) is 16.9. The van der Waals surface area contributed by atoms with Crippen LogP contribution in [0.4, 0.5) is 0 Å². The second-order valence-electron chi connectivity index (χ2n) is 8.58. The van der Waals surface area contributed by atoms with Crippen LogP contribution in [-0.4, -0.2) is 35.8 Å². The molecule has 0 radical (unpaired) electrons. The van der Waals surface area contributed by atoms with Crippen molar-refractivity contribution in [3.63, 3.8) is 0 Å². The molecule has 3 aliphatic heterocycles. The summed E-state index contributed by atoms with van der Waals surface area (Å²) in [6, 6.07) is 14.5. The molecule has 0 aromatic heterocycles. The van der Waals surface area contributed by atoms with Gasteiger partial charge < -0.3 is 14.2 Å². The number of rotatable bonds is 2.